The van der Waals surface area contributed by atoms with Gasteiger partial charge in [0.15, 0.2) is 0 Å². The van der Waals surface area contributed by atoms with Gasteiger partial charge in [-0.05, 0) is 19.8 Å². The minimum atomic E-state index is -0.866. The van der Waals surface area contributed by atoms with Crippen molar-refractivity contribution in [1.29, 1.82) is 0 Å². The molecule has 0 saturated carbocycles. The Morgan fingerprint density at radius 1 is 1.50 bits per heavy atom. The van der Waals surface area contributed by atoms with Crippen molar-refractivity contribution in [3.05, 3.63) is 0 Å². The van der Waals surface area contributed by atoms with Gasteiger partial charge in [-0.15, -0.1) is 12.4 Å². The van der Waals surface area contributed by atoms with Crippen molar-refractivity contribution in [2.75, 3.05) is 6.61 Å². The molecule has 0 aliphatic carbocycles. The van der Waals surface area contributed by atoms with Crippen molar-refractivity contribution in [3.8, 4) is 0 Å². The lowest BCUT2D eigenvalue weighted by Crippen LogP contribution is -2.43. The molecule has 12 heavy (non-hydrogen) atoms. The van der Waals surface area contributed by atoms with Gasteiger partial charge >= 0.3 is 5.97 Å². The number of hydrogen-bond acceptors (Lipinski definition) is 3. The Morgan fingerprint density at radius 2 is 1.92 bits per heavy atom. The van der Waals surface area contributed by atoms with E-state index in [1.54, 1.807) is 13.8 Å². The number of halogens is 1. The van der Waals surface area contributed by atoms with Crippen LogP contribution in [0.3, 0.4) is 0 Å². The summed E-state index contributed by atoms with van der Waals surface area (Å²) in [6.45, 7) is 7.68. The molecule has 0 radical (unpaired) electrons. The first-order valence-corrected chi connectivity index (χ1v) is 3.80. The number of carbonyl (C=O) groups excluding carboxylic acids is 1. The molecular weight excluding hydrogens is 178 g/mol. The van der Waals surface area contributed by atoms with E-state index in [0.29, 0.717) is 12.5 Å². The molecule has 0 aromatic heterocycles. The minimum Gasteiger partial charge on any atom is -0.464 e. The first kappa shape index (κ1) is 14.3. The molecule has 0 spiro atoms. The summed E-state index contributed by atoms with van der Waals surface area (Å²) in [5, 5.41) is 0. The van der Waals surface area contributed by atoms with Crippen molar-refractivity contribution in [2.24, 2.45) is 11.7 Å². The molecule has 0 aromatic rings. The third kappa shape index (κ3) is 6.43. The second-order valence-electron chi connectivity index (χ2n) is 3.71. The standard InChI is InChI=1S/C8H17NO2.ClH/c1-6(2)5-11-7(10)8(3,4)9;/h6H,5,9H2,1-4H3;1H. The Bertz CT molecular complexity index is 140. The third-order valence-corrected chi connectivity index (χ3v) is 1.07. The van der Waals surface area contributed by atoms with Gasteiger partial charge in [0, 0.05) is 0 Å². The van der Waals surface area contributed by atoms with Crippen LogP contribution in [0.25, 0.3) is 0 Å². The van der Waals surface area contributed by atoms with Gasteiger partial charge in [0.2, 0.25) is 0 Å². The number of carbonyl (C=O) groups is 1. The van der Waals surface area contributed by atoms with Crippen LogP contribution in [0.5, 0.6) is 0 Å². The summed E-state index contributed by atoms with van der Waals surface area (Å²) >= 11 is 0. The Labute approximate surface area is 80.1 Å². The summed E-state index contributed by atoms with van der Waals surface area (Å²) in [5.74, 6) is 0.0208. The van der Waals surface area contributed by atoms with E-state index in [9.17, 15) is 4.79 Å². The lowest BCUT2D eigenvalue weighted by molar-refractivity contribution is -0.149. The average Bonchev–Trinajstić information content (AvgIpc) is 1.80. The van der Waals surface area contributed by atoms with E-state index in [1.165, 1.54) is 0 Å². The number of esters is 1. The van der Waals surface area contributed by atoms with Gasteiger partial charge in [0.25, 0.3) is 0 Å². The fraction of sp³-hybridized carbons (Fsp3) is 0.875. The molecule has 0 aliphatic heterocycles. The van der Waals surface area contributed by atoms with Crippen molar-refractivity contribution in [1.82, 2.24) is 0 Å². The van der Waals surface area contributed by atoms with Crippen LogP contribution in [-0.2, 0) is 9.53 Å². The molecule has 0 aliphatic rings. The molecule has 0 heterocycles. The zero-order valence-corrected chi connectivity index (χ0v) is 8.90. The highest BCUT2D eigenvalue weighted by atomic mass is 35.5. The quantitative estimate of drug-likeness (QED) is 0.692. The van der Waals surface area contributed by atoms with E-state index in [2.05, 4.69) is 0 Å². The van der Waals surface area contributed by atoms with Crippen LogP contribution in [-0.4, -0.2) is 18.1 Å². The van der Waals surface area contributed by atoms with Crippen LogP contribution in [0.4, 0.5) is 0 Å². The molecule has 74 valence electrons. The maximum absolute atomic E-state index is 11.0. The van der Waals surface area contributed by atoms with E-state index in [4.69, 9.17) is 10.5 Å². The summed E-state index contributed by atoms with van der Waals surface area (Å²) in [6.07, 6.45) is 0. The van der Waals surface area contributed by atoms with Crippen LogP contribution in [0.1, 0.15) is 27.7 Å². The van der Waals surface area contributed by atoms with Crippen molar-refractivity contribution < 1.29 is 9.53 Å². The monoisotopic (exact) mass is 195 g/mol. The maximum Gasteiger partial charge on any atom is 0.325 e. The van der Waals surface area contributed by atoms with Crippen LogP contribution in [0.15, 0.2) is 0 Å². The van der Waals surface area contributed by atoms with Gasteiger partial charge in [-0.2, -0.15) is 0 Å². The van der Waals surface area contributed by atoms with Crippen LogP contribution < -0.4 is 5.73 Å². The SMILES string of the molecule is CC(C)COC(=O)C(C)(C)N.Cl. The predicted molar refractivity (Wildman–Crippen MR) is 51.3 cm³/mol. The predicted octanol–water partition coefficient (Wildman–Crippen LogP) is 1.34. The van der Waals surface area contributed by atoms with E-state index in [0.717, 1.165) is 0 Å². The second-order valence-corrected chi connectivity index (χ2v) is 3.71. The lowest BCUT2D eigenvalue weighted by Gasteiger charge is -2.17. The molecule has 0 atom stereocenters. The largest absolute Gasteiger partial charge is 0.464 e. The van der Waals surface area contributed by atoms with E-state index in [-0.39, 0.29) is 18.4 Å². The molecule has 4 heteroatoms. The zero-order chi connectivity index (χ0) is 9.07. The highest BCUT2D eigenvalue weighted by Crippen LogP contribution is 2.02. The van der Waals surface area contributed by atoms with Crippen LogP contribution in [0.2, 0.25) is 0 Å². The summed E-state index contributed by atoms with van der Waals surface area (Å²) in [6, 6.07) is 0. The number of hydrogen-bond donors (Lipinski definition) is 1. The van der Waals surface area contributed by atoms with Crippen molar-refractivity contribution in [2.45, 2.75) is 33.2 Å². The highest BCUT2D eigenvalue weighted by Gasteiger charge is 2.23. The smallest absolute Gasteiger partial charge is 0.325 e. The van der Waals surface area contributed by atoms with Crippen LogP contribution >= 0.6 is 12.4 Å². The van der Waals surface area contributed by atoms with E-state index < -0.39 is 5.54 Å². The van der Waals surface area contributed by atoms with Gasteiger partial charge in [0.05, 0.1) is 6.61 Å². The number of rotatable bonds is 3. The van der Waals surface area contributed by atoms with Gasteiger partial charge in [-0.1, -0.05) is 13.8 Å². The van der Waals surface area contributed by atoms with Gasteiger partial charge < -0.3 is 10.5 Å². The molecule has 0 aromatic carbocycles. The first-order valence-electron chi connectivity index (χ1n) is 3.80. The van der Waals surface area contributed by atoms with E-state index >= 15 is 0 Å². The first-order chi connectivity index (χ1) is 4.84. The molecule has 0 rings (SSSR count). The molecular formula is C8H18ClNO2. The number of ether oxygens (including phenoxy) is 1. The molecule has 0 amide bonds. The van der Waals surface area contributed by atoms with Gasteiger partial charge in [-0.3, -0.25) is 4.79 Å². The Morgan fingerprint density at radius 3 is 2.17 bits per heavy atom. The second kappa shape index (κ2) is 5.38. The maximum atomic E-state index is 11.0. The third-order valence-electron chi connectivity index (χ3n) is 1.07. The molecule has 2 N–H and O–H groups in total. The fourth-order valence-electron chi connectivity index (χ4n) is 0.428. The molecule has 3 nitrogen and oxygen atoms in total. The van der Waals surface area contributed by atoms with Crippen LogP contribution in [0, 0.1) is 5.92 Å². The summed E-state index contributed by atoms with van der Waals surface area (Å²) in [4.78, 5) is 11.0. The van der Waals surface area contributed by atoms with Crippen molar-refractivity contribution in [3.63, 3.8) is 0 Å². The number of nitrogens with two attached hydrogens (primary N) is 1. The Kier molecular flexibility index (Phi) is 6.39. The lowest BCUT2D eigenvalue weighted by atomic mass is 10.1. The normalized spacial score (nSPS) is 10.8. The minimum absolute atomic E-state index is 0. The molecule has 0 bridgehead atoms. The summed E-state index contributed by atoms with van der Waals surface area (Å²) in [7, 11) is 0. The summed E-state index contributed by atoms with van der Waals surface area (Å²) in [5.41, 5.74) is 4.62. The summed E-state index contributed by atoms with van der Waals surface area (Å²) < 4.78 is 4.90. The molecule has 0 fully saturated rings. The fourth-order valence-corrected chi connectivity index (χ4v) is 0.428. The zero-order valence-electron chi connectivity index (χ0n) is 8.09. The topological polar surface area (TPSA) is 52.3 Å². The molecule has 0 unspecified atom stereocenters. The van der Waals surface area contributed by atoms with Gasteiger partial charge in [-0.25, -0.2) is 0 Å². The Balaban J connectivity index is 0. The highest BCUT2D eigenvalue weighted by molar-refractivity contribution is 5.85. The van der Waals surface area contributed by atoms with Crippen molar-refractivity contribution >= 4 is 18.4 Å². The average molecular weight is 196 g/mol. The Hall–Kier alpha value is -0.280. The van der Waals surface area contributed by atoms with E-state index in [1.807, 2.05) is 13.8 Å². The van der Waals surface area contributed by atoms with Gasteiger partial charge in [0.1, 0.15) is 5.54 Å². The molecule has 0 saturated heterocycles.